The van der Waals surface area contributed by atoms with Crippen molar-refractivity contribution in [2.75, 3.05) is 24.4 Å². The maximum atomic E-state index is 12.3. The van der Waals surface area contributed by atoms with Crippen molar-refractivity contribution in [3.63, 3.8) is 0 Å². The smallest absolute Gasteiger partial charge is 0.309 e. The number of anilines is 1. The first kappa shape index (κ1) is 15.8. The van der Waals surface area contributed by atoms with Gasteiger partial charge >= 0.3 is 16.2 Å². The summed E-state index contributed by atoms with van der Waals surface area (Å²) in [6.45, 7) is 2.77. The number of ether oxygens (including phenoxy) is 1. The van der Waals surface area contributed by atoms with Crippen LogP contribution in [0.25, 0.3) is 0 Å². The second-order valence-corrected chi connectivity index (χ2v) is 6.57. The summed E-state index contributed by atoms with van der Waals surface area (Å²) in [5.74, 6) is -0.432. The summed E-state index contributed by atoms with van der Waals surface area (Å²) in [5, 5.41) is 0. The van der Waals surface area contributed by atoms with Gasteiger partial charge in [-0.3, -0.25) is 9.52 Å². The lowest BCUT2D eigenvalue weighted by Gasteiger charge is -2.30. The van der Waals surface area contributed by atoms with E-state index in [4.69, 9.17) is 4.74 Å². The molecule has 1 N–H and O–H groups in total. The molecule has 0 amide bonds. The number of hydrogen-bond donors (Lipinski definition) is 1. The molecule has 6 nitrogen and oxygen atoms in total. The Labute approximate surface area is 125 Å². The van der Waals surface area contributed by atoms with Crippen LogP contribution in [0.2, 0.25) is 0 Å². The lowest BCUT2D eigenvalue weighted by Crippen LogP contribution is -2.43. The zero-order valence-corrected chi connectivity index (χ0v) is 12.8. The van der Waals surface area contributed by atoms with Crippen molar-refractivity contribution in [3.8, 4) is 0 Å². The third-order valence-electron chi connectivity index (χ3n) is 3.43. The molecule has 7 heteroatoms. The van der Waals surface area contributed by atoms with Gasteiger partial charge in [0.2, 0.25) is 0 Å². The van der Waals surface area contributed by atoms with Gasteiger partial charge in [0.05, 0.1) is 12.5 Å². The average Bonchev–Trinajstić information content (AvgIpc) is 2.48. The van der Waals surface area contributed by atoms with Crippen LogP contribution in [0.3, 0.4) is 0 Å². The number of nitrogens with one attached hydrogen (secondary N) is 1. The van der Waals surface area contributed by atoms with Crippen molar-refractivity contribution in [2.45, 2.75) is 19.8 Å². The molecule has 1 aromatic carbocycles. The highest BCUT2D eigenvalue weighted by Crippen LogP contribution is 2.22. The van der Waals surface area contributed by atoms with Crippen molar-refractivity contribution in [3.05, 3.63) is 30.3 Å². The quantitative estimate of drug-likeness (QED) is 0.838. The first-order valence-corrected chi connectivity index (χ1v) is 8.46. The predicted molar refractivity (Wildman–Crippen MR) is 79.9 cm³/mol. The Kier molecular flexibility index (Phi) is 5.19. The molecule has 1 heterocycles. The Balaban J connectivity index is 1.93. The monoisotopic (exact) mass is 312 g/mol. The van der Waals surface area contributed by atoms with E-state index >= 15 is 0 Å². The maximum Gasteiger partial charge on any atom is 0.309 e. The molecule has 1 fully saturated rings. The van der Waals surface area contributed by atoms with Gasteiger partial charge < -0.3 is 4.74 Å². The molecule has 116 valence electrons. The molecule has 1 aliphatic rings. The fourth-order valence-electron chi connectivity index (χ4n) is 2.31. The number of hydrogen-bond acceptors (Lipinski definition) is 4. The van der Waals surface area contributed by atoms with E-state index in [-0.39, 0.29) is 11.9 Å². The van der Waals surface area contributed by atoms with Crippen LogP contribution in [0.15, 0.2) is 30.3 Å². The lowest BCUT2D eigenvalue weighted by atomic mass is 9.98. The molecule has 1 saturated heterocycles. The van der Waals surface area contributed by atoms with Crippen molar-refractivity contribution >= 4 is 21.9 Å². The number of carbonyl (C=O) groups is 1. The molecular weight excluding hydrogens is 292 g/mol. The number of rotatable bonds is 5. The Morgan fingerprint density at radius 2 is 1.90 bits per heavy atom. The summed E-state index contributed by atoms with van der Waals surface area (Å²) >= 11 is 0. The molecule has 0 saturated carbocycles. The number of piperidine rings is 1. The Morgan fingerprint density at radius 1 is 1.29 bits per heavy atom. The number of esters is 1. The third kappa shape index (κ3) is 4.18. The van der Waals surface area contributed by atoms with E-state index in [1.165, 1.54) is 4.31 Å². The fraction of sp³-hybridized carbons (Fsp3) is 0.500. The van der Waals surface area contributed by atoms with Crippen molar-refractivity contribution in [2.24, 2.45) is 5.92 Å². The SMILES string of the molecule is CCOC(=O)C1CCN(S(=O)(=O)Nc2ccccc2)CC1. The topological polar surface area (TPSA) is 75.7 Å². The van der Waals surface area contributed by atoms with E-state index in [2.05, 4.69) is 4.72 Å². The Hall–Kier alpha value is -1.60. The van der Waals surface area contributed by atoms with E-state index < -0.39 is 10.2 Å². The number of benzene rings is 1. The van der Waals surface area contributed by atoms with E-state index in [1.54, 1.807) is 31.2 Å². The largest absolute Gasteiger partial charge is 0.466 e. The van der Waals surface area contributed by atoms with Crippen LogP contribution in [0, 0.1) is 5.92 Å². The first-order chi connectivity index (χ1) is 10.0. The van der Waals surface area contributed by atoms with Crippen LogP contribution in [0.4, 0.5) is 5.69 Å². The van der Waals surface area contributed by atoms with Crippen molar-refractivity contribution < 1.29 is 17.9 Å². The molecule has 0 radical (unpaired) electrons. The molecule has 2 rings (SSSR count). The highest BCUT2D eigenvalue weighted by atomic mass is 32.2. The molecule has 0 aromatic heterocycles. The normalized spacial score (nSPS) is 17.4. The molecule has 1 aromatic rings. The van der Waals surface area contributed by atoms with Gasteiger partial charge in [-0.05, 0) is 31.9 Å². The van der Waals surface area contributed by atoms with Crippen molar-refractivity contribution in [1.29, 1.82) is 0 Å². The molecule has 0 unspecified atom stereocenters. The van der Waals surface area contributed by atoms with Crippen LogP contribution in [0.5, 0.6) is 0 Å². The van der Waals surface area contributed by atoms with E-state index in [1.807, 2.05) is 6.07 Å². The van der Waals surface area contributed by atoms with Crippen LogP contribution in [-0.2, 0) is 19.7 Å². The van der Waals surface area contributed by atoms with Crippen LogP contribution >= 0.6 is 0 Å². The minimum absolute atomic E-state index is 0.201. The predicted octanol–water partition coefficient (Wildman–Crippen LogP) is 1.62. The van der Waals surface area contributed by atoms with Gasteiger partial charge in [0.15, 0.2) is 0 Å². The lowest BCUT2D eigenvalue weighted by molar-refractivity contribution is -0.149. The summed E-state index contributed by atoms with van der Waals surface area (Å²) in [5.41, 5.74) is 0.532. The molecule has 21 heavy (non-hydrogen) atoms. The van der Waals surface area contributed by atoms with E-state index in [9.17, 15) is 13.2 Å². The summed E-state index contributed by atoms with van der Waals surface area (Å²) in [4.78, 5) is 11.6. The van der Waals surface area contributed by atoms with Gasteiger partial charge in [0, 0.05) is 18.8 Å². The summed E-state index contributed by atoms with van der Waals surface area (Å²) in [6, 6.07) is 8.75. The van der Waals surface area contributed by atoms with Gasteiger partial charge in [-0.2, -0.15) is 12.7 Å². The van der Waals surface area contributed by atoms with Gasteiger partial charge in [-0.15, -0.1) is 0 Å². The molecule has 0 atom stereocenters. The first-order valence-electron chi connectivity index (χ1n) is 7.02. The van der Waals surface area contributed by atoms with Gasteiger partial charge in [-0.25, -0.2) is 0 Å². The minimum Gasteiger partial charge on any atom is -0.466 e. The standard InChI is InChI=1S/C14H20N2O4S/c1-2-20-14(17)12-8-10-16(11-9-12)21(18,19)15-13-6-4-3-5-7-13/h3-7,12,15H,2,8-11H2,1H3. The van der Waals surface area contributed by atoms with Crippen LogP contribution in [-0.4, -0.2) is 38.4 Å². The highest BCUT2D eigenvalue weighted by molar-refractivity contribution is 7.90. The number of nitrogens with zero attached hydrogens (tertiary/aromatic N) is 1. The molecule has 0 aliphatic carbocycles. The Bertz CT molecular complexity index is 566. The van der Waals surface area contributed by atoms with E-state index in [0.29, 0.717) is 38.2 Å². The van der Waals surface area contributed by atoms with Crippen LogP contribution < -0.4 is 4.72 Å². The van der Waals surface area contributed by atoms with Gasteiger partial charge in [0.25, 0.3) is 0 Å². The molecule has 0 spiro atoms. The zero-order chi connectivity index (χ0) is 15.3. The summed E-state index contributed by atoms with van der Waals surface area (Å²) in [7, 11) is -3.57. The zero-order valence-electron chi connectivity index (χ0n) is 12.0. The molecule has 0 bridgehead atoms. The Morgan fingerprint density at radius 3 is 2.48 bits per heavy atom. The molecule has 1 aliphatic heterocycles. The fourth-order valence-corrected chi connectivity index (χ4v) is 3.57. The van der Waals surface area contributed by atoms with Gasteiger partial charge in [-0.1, -0.05) is 18.2 Å². The maximum absolute atomic E-state index is 12.3. The van der Waals surface area contributed by atoms with Crippen molar-refractivity contribution in [1.82, 2.24) is 4.31 Å². The number of para-hydroxylation sites is 1. The second kappa shape index (κ2) is 6.91. The number of carbonyl (C=O) groups excluding carboxylic acids is 1. The average molecular weight is 312 g/mol. The third-order valence-corrected chi connectivity index (χ3v) is 4.97. The summed E-state index contributed by atoms with van der Waals surface area (Å²) in [6.07, 6.45) is 0.989. The van der Waals surface area contributed by atoms with E-state index in [0.717, 1.165) is 0 Å². The van der Waals surface area contributed by atoms with Gasteiger partial charge in [0.1, 0.15) is 0 Å². The molecular formula is C14H20N2O4S. The van der Waals surface area contributed by atoms with Crippen LogP contribution in [0.1, 0.15) is 19.8 Å². The summed E-state index contributed by atoms with van der Waals surface area (Å²) < 4.78 is 33.4. The second-order valence-electron chi connectivity index (χ2n) is 4.90. The minimum atomic E-state index is -3.57. The highest BCUT2D eigenvalue weighted by Gasteiger charge is 2.31.